The summed E-state index contributed by atoms with van der Waals surface area (Å²) in [5.74, 6) is -0.511. The molecule has 0 amide bonds. The lowest BCUT2D eigenvalue weighted by Crippen LogP contribution is -2.05. The Morgan fingerprint density at radius 2 is 2.24 bits per heavy atom. The molecular weight excluding hydrogens is 265 g/mol. The number of carbonyl (C=O) groups is 1. The maximum Gasteiger partial charge on any atom is 0.358 e. The van der Waals surface area contributed by atoms with E-state index >= 15 is 0 Å². The van der Waals surface area contributed by atoms with Crippen LogP contribution in [0.3, 0.4) is 0 Å². The van der Waals surface area contributed by atoms with Gasteiger partial charge in [-0.3, -0.25) is 0 Å². The molecule has 2 aromatic rings. The maximum atomic E-state index is 11.5. The van der Waals surface area contributed by atoms with Gasteiger partial charge in [-0.1, -0.05) is 23.2 Å². The van der Waals surface area contributed by atoms with Crippen molar-refractivity contribution in [2.75, 3.05) is 6.61 Å². The third-order valence-electron chi connectivity index (χ3n) is 2.19. The minimum Gasteiger partial charge on any atom is -0.461 e. The van der Waals surface area contributed by atoms with Crippen LogP contribution in [0.15, 0.2) is 6.07 Å². The van der Waals surface area contributed by atoms with Crippen LogP contribution in [0.1, 0.15) is 23.0 Å². The molecule has 5 nitrogen and oxygen atoms in total. The first-order chi connectivity index (χ1) is 8.04. The third kappa shape index (κ3) is 2.08. The van der Waals surface area contributed by atoms with Crippen molar-refractivity contribution < 1.29 is 9.53 Å². The molecule has 0 aliphatic heterocycles. The maximum absolute atomic E-state index is 11.5. The van der Waals surface area contributed by atoms with Crippen LogP contribution in [0.5, 0.6) is 0 Å². The van der Waals surface area contributed by atoms with Crippen molar-refractivity contribution in [3.05, 3.63) is 27.6 Å². The SMILES string of the molecule is CCOC(=O)c1cc2nc(Cl)c(C)c(Cl)n2n1. The Morgan fingerprint density at radius 3 is 2.88 bits per heavy atom. The smallest absolute Gasteiger partial charge is 0.358 e. The van der Waals surface area contributed by atoms with Crippen molar-refractivity contribution in [2.24, 2.45) is 0 Å². The largest absolute Gasteiger partial charge is 0.461 e. The lowest BCUT2D eigenvalue weighted by atomic mass is 10.4. The number of hydrogen-bond acceptors (Lipinski definition) is 4. The van der Waals surface area contributed by atoms with Gasteiger partial charge in [-0.05, 0) is 13.8 Å². The molecule has 2 rings (SSSR count). The van der Waals surface area contributed by atoms with E-state index in [4.69, 9.17) is 27.9 Å². The molecule has 90 valence electrons. The molecule has 0 N–H and O–H groups in total. The van der Waals surface area contributed by atoms with Crippen molar-refractivity contribution in [1.82, 2.24) is 14.6 Å². The van der Waals surface area contributed by atoms with Gasteiger partial charge in [-0.15, -0.1) is 0 Å². The molecule has 0 saturated carbocycles. The summed E-state index contributed by atoms with van der Waals surface area (Å²) in [4.78, 5) is 15.6. The summed E-state index contributed by atoms with van der Waals surface area (Å²) in [6, 6.07) is 1.48. The van der Waals surface area contributed by atoms with Crippen LogP contribution in [0.25, 0.3) is 5.65 Å². The molecule has 0 fully saturated rings. The van der Waals surface area contributed by atoms with Crippen LogP contribution in [0.2, 0.25) is 10.3 Å². The molecule has 0 spiro atoms. The summed E-state index contributed by atoms with van der Waals surface area (Å²) in [5.41, 5.74) is 1.18. The molecule has 2 aromatic heterocycles. The van der Waals surface area contributed by atoms with Gasteiger partial charge in [0.25, 0.3) is 0 Å². The highest BCUT2D eigenvalue weighted by molar-refractivity contribution is 6.34. The van der Waals surface area contributed by atoms with Crippen molar-refractivity contribution in [3.8, 4) is 0 Å². The van der Waals surface area contributed by atoms with Gasteiger partial charge >= 0.3 is 5.97 Å². The number of nitrogens with zero attached hydrogens (tertiary/aromatic N) is 3. The van der Waals surface area contributed by atoms with Crippen molar-refractivity contribution in [3.63, 3.8) is 0 Å². The van der Waals surface area contributed by atoms with E-state index in [1.807, 2.05) is 0 Å². The summed E-state index contributed by atoms with van der Waals surface area (Å²) >= 11 is 11.9. The summed E-state index contributed by atoms with van der Waals surface area (Å²) in [6.07, 6.45) is 0. The van der Waals surface area contributed by atoms with E-state index in [1.165, 1.54) is 10.6 Å². The first-order valence-corrected chi connectivity index (χ1v) is 5.68. The number of hydrogen-bond donors (Lipinski definition) is 0. The van der Waals surface area contributed by atoms with Gasteiger partial charge in [-0.25, -0.2) is 14.3 Å². The zero-order valence-corrected chi connectivity index (χ0v) is 10.7. The number of rotatable bonds is 2. The van der Waals surface area contributed by atoms with Crippen LogP contribution < -0.4 is 0 Å². The number of halogens is 2. The molecule has 0 aliphatic rings. The topological polar surface area (TPSA) is 56.5 Å². The van der Waals surface area contributed by atoms with Crippen molar-refractivity contribution in [1.29, 1.82) is 0 Å². The molecule has 0 aromatic carbocycles. The van der Waals surface area contributed by atoms with Crippen LogP contribution in [0.4, 0.5) is 0 Å². The quantitative estimate of drug-likeness (QED) is 0.623. The van der Waals surface area contributed by atoms with Crippen LogP contribution in [0, 0.1) is 6.92 Å². The number of esters is 1. The van der Waals surface area contributed by atoms with Crippen LogP contribution >= 0.6 is 23.2 Å². The van der Waals surface area contributed by atoms with E-state index in [2.05, 4.69) is 10.1 Å². The first kappa shape index (κ1) is 12.1. The van der Waals surface area contributed by atoms with E-state index in [9.17, 15) is 4.79 Å². The highest BCUT2D eigenvalue weighted by Gasteiger charge is 2.16. The molecule has 0 atom stereocenters. The van der Waals surface area contributed by atoms with Crippen LogP contribution in [-0.2, 0) is 4.74 Å². The molecule has 7 heteroatoms. The second kappa shape index (κ2) is 4.50. The molecule has 0 saturated heterocycles. The highest BCUT2D eigenvalue weighted by Crippen LogP contribution is 2.23. The second-order valence-electron chi connectivity index (χ2n) is 3.34. The van der Waals surface area contributed by atoms with E-state index < -0.39 is 5.97 Å². The highest BCUT2D eigenvalue weighted by atomic mass is 35.5. The van der Waals surface area contributed by atoms with Gasteiger partial charge in [0.1, 0.15) is 10.3 Å². The average molecular weight is 274 g/mol. The van der Waals surface area contributed by atoms with Gasteiger partial charge < -0.3 is 4.74 Å². The van der Waals surface area contributed by atoms with Gasteiger partial charge in [0.2, 0.25) is 0 Å². The van der Waals surface area contributed by atoms with Crippen molar-refractivity contribution >= 4 is 34.8 Å². The Kier molecular flexibility index (Phi) is 3.22. The predicted octanol–water partition coefficient (Wildman–Crippen LogP) is 2.52. The third-order valence-corrected chi connectivity index (χ3v) is 3.00. The summed E-state index contributed by atoms with van der Waals surface area (Å²) in [5, 5.41) is 4.64. The monoisotopic (exact) mass is 273 g/mol. The Hall–Kier alpha value is -1.33. The average Bonchev–Trinajstić information content (AvgIpc) is 2.70. The lowest BCUT2D eigenvalue weighted by molar-refractivity contribution is 0.0519. The zero-order valence-electron chi connectivity index (χ0n) is 9.20. The molecule has 0 bridgehead atoms. The van der Waals surface area contributed by atoms with E-state index in [1.54, 1.807) is 13.8 Å². The molecule has 0 radical (unpaired) electrons. The van der Waals surface area contributed by atoms with E-state index in [0.717, 1.165) is 0 Å². The van der Waals surface area contributed by atoms with E-state index in [-0.39, 0.29) is 17.5 Å². The Labute approximate surface area is 107 Å². The summed E-state index contributed by atoms with van der Waals surface area (Å²) in [7, 11) is 0. The Morgan fingerprint density at radius 1 is 1.53 bits per heavy atom. The van der Waals surface area contributed by atoms with Gasteiger partial charge in [-0.2, -0.15) is 5.10 Å². The fraction of sp³-hybridized carbons (Fsp3) is 0.300. The molecular formula is C10H9Cl2N3O2. The normalized spacial score (nSPS) is 10.8. The second-order valence-corrected chi connectivity index (χ2v) is 4.05. The molecule has 0 aliphatic carbocycles. The Bertz CT molecular complexity index is 595. The molecule has 17 heavy (non-hydrogen) atoms. The van der Waals surface area contributed by atoms with Crippen LogP contribution in [-0.4, -0.2) is 27.2 Å². The number of ether oxygens (including phenoxy) is 1. The van der Waals surface area contributed by atoms with E-state index in [0.29, 0.717) is 16.4 Å². The summed E-state index contributed by atoms with van der Waals surface area (Å²) in [6.45, 7) is 3.73. The number of carbonyl (C=O) groups excluding carboxylic acids is 1. The summed E-state index contributed by atoms with van der Waals surface area (Å²) < 4.78 is 6.20. The fourth-order valence-electron chi connectivity index (χ4n) is 1.33. The fourth-order valence-corrected chi connectivity index (χ4v) is 1.77. The van der Waals surface area contributed by atoms with Gasteiger partial charge in [0.05, 0.1) is 6.61 Å². The predicted molar refractivity (Wildman–Crippen MR) is 63.7 cm³/mol. The minimum absolute atomic E-state index is 0.155. The number of fused-ring (bicyclic) bond motifs is 1. The number of aromatic nitrogens is 3. The molecule has 0 unspecified atom stereocenters. The lowest BCUT2D eigenvalue weighted by Gasteiger charge is -2.01. The first-order valence-electron chi connectivity index (χ1n) is 4.93. The van der Waals surface area contributed by atoms with Gasteiger partial charge in [0, 0.05) is 11.6 Å². The standard InChI is InChI=1S/C10H9Cl2N3O2/c1-3-17-10(16)6-4-7-13-8(11)5(2)9(12)15(7)14-6/h4H,3H2,1-2H3. The van der Waals surface area contributed by atoms with Crippen molar-refractivity contribution in [2.45, 2.75) is 13.8 Å². The Balaban J connectivity index is 2.58. The van der Waals surface area contributed by atoms with Gasteiger partial charge in [0.15, 0.2) is 11.3 Å². The minimum atomic E-state index is -0.511. The molecule has 2 heterocycles. The zero-order chi connectivity index (χ0) is 12.6.